The minimum absolute atomic E-state index is 0.105. The van der Waals surface area contributed by atoms with Crippen molar-refractivity contribution in [2.24, 2.45) is 0 Å². The molecule has 0 aliphatic rings. The van der Waals surface area contributed by atoms with Gasteiger partial charge in [-0.15, -0.1) is 0 Å². The maximum absolute atomic E-state index is 13.3. The van der Waals surface area contributed by atoms with Crippen molar-refractivity contribution in [1.29, 1.82) is 0 Å². The molecule has 1 rings (SSSR count). The Morgan fingerprint density at radius 1 is 1.05 bits per heavy atom. The molecule has 0 radical (unpaired) electrons. The van der Waals surface area contributed by atoms with Crippen LogP contribution in [-0.4, -0.2) is 29.9 Å². The van der Waals surface area contributed by atoms with Crippen molar-refractivity contribution >= 4 is 5.78 Å². The number of hydrogen-bond donors (Lipinski definition) is 0. The number of ether oxygens (including phenoxy) is 1. The predicted octanol–water partition coefficient (Wildman–Crippen LogP) is 4.49. The first kappa shape index (κ1) is 18.2. The van der Waals surface area contributed by atoms with Gasteiger partial charge in [-0.2, -0.15) is 30.7 Å². The van der Waals surface area contributed by atoms with Crippen LogP contribution in [0.5, 0.6) is 5.75 Å². The number of Topliss-reactive ketones (excluding diaryl/α,β-unsaturated/α-hetero) is 1. The van der Waals surface area contributed by atoms with E-state index in [4.69, 9.17) is 4.74 Å². The smallest absolute Gasteiger partial charge is 0.460 e. The number of rotatable bonds is 5. The molecule has 0 N–H and O–H groups in total. The molecule has 0 fully saturated rings. The maximum atomic E-state index is 13.3. The molecule has 2 nitrogen and oxygen atoms in total. The number of halogens is 7. The van der Waals surface area contributed by atoms with Crippen LogP contribution < -0.4 is 4.74 Å². The number of alkyl halides is 7. The van der Waals surface area contributed by atoms with Gasteiger partial charge in [-0.05, 0) is 26.0 Å². The molecule has 0 saturated carbocycles. The van der Waals surface area contributed by atoms with Gasteiger partial charge in [0, 0.05) is 5.56 Å². The highest BCUT2D eigenvalue weighted by molar-refractivity contribution is 6.02. The van der Waals surface area contributed by atoms with E-state index < -0.39 is 35.5 Å². The molecule has 1 aromatic carbocycles. The van der Waals surface area contributed by atoms with Crippen LogP contribution in [0.4, 0.5) is 30.7 Å². The van der Waals surface area contributed by atoms with E-state index in [9.17, 15) is 35.5 Å². The van der Waals surface area contributed by atoms with Gasteiger partial charge in [0.15, 0.2) is 0 Å². The largest absolute Gasteiger partial charge is 0.491 e. The lowest BCUT2D eigenvalue weighted by Crippen LogP contribution is -2.56. The standard InChI is InChI=1S/C13H11F7O2/c1-7(2)22-9-5-3-4-8(6-9)10(21)11(14,15)12(16,17)13(18,19)20/h3-7H,1-2H3. The number of carbonyl (C=O) groups excluding carboxylic acids is 1. The molecule has 0 atom stereocenters. The molecule has 0 aromatic heterocycles. The molecule has 0 saturated heterocycles. The van der Waals surface area contributed by atoms with Gasteiger partial charge in [0.2, 0.25) is 5.78 Å². The molecule has 0 spiro atoms. The average Bonchev–Trinajstić information content (AvgIpc) is 2.35. The lowest BCUT2D eigenvalue weighted by Gasteiger charge is -2.27. The van der Waals surface area contributed by atoms with Crippen molar-refractivity contribution in [3.63, 3.8) is 0 Å². The zero-order valence-electron chi connectivity index (χ0n) is 11.3. The van der Waals surface area contributed by atoms with E-state index in [1.54, 1.807) is 13.8 Å². The van der Waals surface area contributed by atoms with Gasteiger partial charge in [-0.25, -0.2) is 0 Å². The highest BCUT2D eigenvalue weighted by Crippen LogP contribution is 2.47. The van der Waals surface area contributed by atoms with E-state index in [-0.39, 0.29) is 5.75 Å². The van der Waals surface area contributed by atoms with Crippen LogP contribution in [0, 0.1) is 0 Å². The van der Waals surface area contributed by atoms with Gasteiger partial charge in [0.1, 0.15) is 5.75 Å². The molecular formula is C13H11F7O2. The second-order valence-corrected chi connectivity index (χ2v) is 4.67. The number of benzene rings is 1. The van der Waals surface area contributed by atoms with Crippen molar-refractivity contribution in [2.45, 2.75) is 38.0 Å². The molecule has 0 amide bonds. The third-order valence-electron chi connectivity index (χ3n) is 2.50. The van der Waals surface area contributed by atoms with E-state index in [2.05, 4.69) is 0 Å². The van der Waals surface area contributed by atoms with E-state index in [0.29, 0.717) is 12.1 Å². The summed E-state index contributed by atoms with van der Waals surface area (Å²) in [4.78, 5) is 11.4. The Balaban J connectivity index is 3.20. The van der Waals surface area contributed by atoms with Crippen molar-refractivity contribution in [3.05, 3.63) is 29.8 Å². The molecule has 0 aliphatic heterocycles. The highest BCUT2D eigenvalue weighted by Gasteiger charge is 2.76. The lowest BCUT2D eigenvalue weighted by molar-refractivity contribution is -0.339. The second-order valence-electron chi connectivity index (χ2n) is 4.67. The Kier molecular flexibility index (Phi) is 4.79. The van der Waals surface area contributed by atoms with Crippen LogP contribution in [0.15, 0.2) is 24.3 Å². The summed E-state index contributed by atoms with van der Waals surface area (Å²) in [5.41, 5.74) is -1.01. The predicted molar refractivity (Wildman–Crippen MR) is 62.5 cm³/mol. The Bertz CT molecular complexity index is 550. The summed E-state index contributed by atoms with van der Waals surface area (Å²) in [6, 6.07) is 3.67. The number of carbonyl (C=O) groups is 1. The zero-order valence-corrected chi connectivity index (χ0v) is 11.3. The summed E-state index contributed by atoms with van der Waals surface area (Å²) in [6.07, 6.45) is -6.97. The number of ketones is 1. The van der Waals surface area contributed by atoms with Gasteiger partial charge in [0.25, 0.3) is 0 Å². The van der Waals surface area contributed by atoms with Crippen LogP contribution in [0.2, 0.25) is 0 Å². The average molecular weight is 332 g/mol. The first-order valence-corrected chi connectivity index (χ1v) is 5.94. The summed E-state index contributed by atoms with van der Waals surface area (Å²) in [5.74, 6) is -15.1. The topological polar surface area (TPSA) is 26.3 Å². The summed E-state index contributed by atoms with van der Waals surface area (Å²) >= 11 is 0. The quantitative estimate of drug-likeness (QED) is 0.587. The normalized spacial score (nSPS) is 13.4. The van der Waals surface area contributed by atoms with Crippen molar-refractivity contribution in [1.82, 2.24) is 0 Å². The lowest BCUT2D eigenvalue weighted by atomic mass is 10.00. The zero-order chi connectivity index (χ0) is 17.3. The van der Waals surface area contributed by atoms with Crippen LogP contribution >= 0.6 is 0 Å². The van der Waals surface area contributed by atoms with Gasteiger partial charge < -0.3 is 4.74 Å². The van der Waals surface area contributed by atoms with Gasteiger partial charge >= 0.3 is 18.0 Å². The fraction of sp³-hybridized carbons (Fsp3) is 0.462. The van der Waals surface area contributed by atoms with Crippen LogP contribution in [0.3, 0.4) is 0 Å². The fourth-order valence-corrected chi connectivity index (χ4v) is 1.48. The summed E-state index contributed by atoms with van der Waals surface area (Å²) < 4.78 is 93.5. The van der Waals surface area contributed by atoms with E-state index in [0.717, 1.165) is 6.07 Å². The SMILES string of the molecule is CC(C)Oc1cccc(C(=O)C(F)(F)C(F)(F)C(F)(F)F)c1. The molecule has 22 heavy (non-hydrogen) atoms. The molecule has 0 bridgehead atoms. The minimum atomic E-state index is -6.56. The Morgan fingerprint density at radius 3 is 2.05 bits per heavy atom. The fourth-order valence-electron chi connectivity index (χ4n) is 1.48. The van der Waals surface area contributed by atoms with Crippen molar-refractivity contribution in [2.75, 3.05) is 0 Å². The third-order valence-corrected chi connectivity index (χ3v) is 2.50. The Hall–Kier alpha value is -1.80. The van der Waals surface area contributed by atoms with E-state index >= 15 is 0 Å². The van der Waals surface area contributed by atoms with Crippen LogP contribution in [-0.2, 0) is 0 Å². The molecule has 9 heteroatoms. The van der Waals surface area contributed by atoms with Gasteiger partial charge in [0.05, 0.1) is 6.10 Å². The van der Waals surface area contributed by atoms with Crippen molar-refractivity contribution < 1.29 is 40.3 Å². The van der Waals surface area contributed by atoms with Crippen molar-refractivity contribution in [3.8, 4) is 5.75 Å². The van der Waals surface area contributed by atoms with Crippen LogP contribution in [0.25, 0.3) is 0 Å². The first-order valence-electron chi connectivity index (χ1n) is 5.94. The molecule has 0 heterocycles. The molecule has 124 valence electrons. The summed E-state index contributed by atoms with van der Waals surface area (Å²) in [7, 11) is 0. The molecular weight excluding hydrogens is 321 g/mol. The van der Waals surface area contributed by atoms with E-state index in [1.165, 1.54) is 6.07 Å². The Morgan fingerprint density at radius 2 is 1.59 bits per heavy atom. The monoisotopic (exact) mass is 332 g/mol. The van der Waals surface area contributed by atoms with Gasteiger partial charge in [-0.3, -0.25) is 4.79 Å². The van der Waals surface area contributed by atoms with Gasteiger partial charge in [-0.1, -0.05) is 12.1 Å². The number of hydrogen-bond acceptors (Lipinski definition) is 2. The summed E-state index contributed by atoms with van der Waals surface area (Å²) in [5, 5.41) is 0. The van der Waals surface area contributed by atoms with Crippen LogP contribution in [0.1, 0.15) is 24.2 Å². The Labute approximate surface area is 120 Å². The molecule has 0 aliphatic carbocycles. The molecule has 0 unspecified atom stereocenters. The minimum Gasteiger partial charge on any atom is -0.491 e. The van der Waals surface area contributed by atoms with E-state index in [1.807, 2.05) is 0 Å². The maximum Gasteiger partial charge on any atom is 0.460 e. The first-order chi connectivity index (χ1) is 9.80. The third kappa shape index (κ3) is 3.33. The summed E-state index contributed by atoms with van der Waals surface area (Å²) in [6.45, 7) is 3.14. The molecule has 1 aromatic rings. The second kappa shape index (κ2) is 5.77. The highest BCUT2D eigenvalue weighted by atomic mass is 19.4.